The summed E-state index contributed by atoms with van der Waals surface area (Å²) >= 11 is 0. The number of carboxylic acid groups (broad SMARTS) is 1. The van der Waals surface area contributed by atoms with Crippen molar-refractivity contribution in [1.82, 2.24) is 0 Å². The van der Waals surface area contributed by atoms with Gasteiger partial charge in [-0.15, -0.1) is 0 Å². The average Bonchev–Trinajstić information content (AvgIpc) is 1.65. The molecule has 0 rings (SSSR count). The zero-order valence-corrected chi connectivity index (χ0v) is 4.26. The predicted molar refractivity (Wildman–Crippen MR) is 18.7 cm³/mol. The van der Waals surface area contributed by atoms with Gasteiger partial charge in [0.1, 0.15) is 2.82 Å². The number of carbonyl (C=O) groups excluding carboxylic acids is 1. The maximum atomic E-state index is 9.88. The van der Waals surface area contributed by atoms with Crippen LogP contribution in [0.25, 0.3) is 0 Å². The third-order valence-corrected chi connectivity index (χ3v) is 0.295. The SMILES string of the molecule is [2H]N([2H])[C@@]([2H])(C)C(=O)[O-].[Li+]. The van der Waals surface area contributed by atoms with Gasteiger partial charge < -0.3 is 15.6 Å². The van der Waals surface area contributed by atoms with E-state index >= 15 is 0 Å². The van der Waals surface area contributed by atoms with E-state index in [1.54, 1.807) is 0 Å². The second-order valence-electron chi connectivity index (χ2n) is 0.873. The Morgan fingerprint density at radius 1 is 2.29 bits per heavy atom. The summed E-state index contributed by atoms with van der Waals surface area (Å²) in [6.45, 7) is 0.891. The number of rotatable bonds is 2. The number of hydrogen-bond donors (Lipinski definition) is 1. The van der Waals surface area contributed by atoms with Crippen LogP contribution in [0.2, 0.25) is 2.82 Å². The van der Waals surface area contributed by atoms with E-state index in [4.69, 9.17) is 4.19 Å². The average molecular weight is 98.0 g/mol. The molecule has 0 fully saturated rings. The molecule has 0 aliphatic rings. The summed E-state index contributed by atoms with van der Waals surface area (Å²) in [4.78, 5) is 9.88. The standard InChI is InChI=1S/C3H7NO2.Li/c1-2(4)3(5)6;/h2H,4H2,1H3,(H,5,6);/q;+1/p-1/t2-;/m0./s1/i2D;/hD2. The first-order valence-electron chi connectivity index (χ1n) is 2.78. The molecule has 0 amide bonds. The Balaban J connectivity index is 0. The minimum absolute atomic E-state index is 0. The summed E-state index contributed by atoms with van der Waals surface area (Å²) < 4.78 is 19.5. The van der Waals surface area contributed by atoms with Gasteiger partial charge in [0.25, 0.3) is 0 Å². The van der Waals surface area contributed by atoms with Crippen LogP contribution in [-0.2, 0) is 4.79 Å². The first-order valence-corrected chi connectivity index (χ1v) is 1.38. The fourth-order valence-corrected chi connectivity index (χ4v) is 0. The van der Waals surface area contributed by atoms with Crippen molar-refractivity contribution in [2.45, 2.75) is 12.9 Å². The van der Waals surface area contributed by atoms with Crippen molar-refractivity contribution in [3.05, 3.63) is 0 Å². The summed E-state index contributed by atoms with van der Waals surface area (Å²) in [5.41, 5.74) is -0.234. The van der Waals surface area contributed by atoms with E-state index in [9.17, 15) is 9.90 Å². The Labute approximate surface area is 58.4 Å². The fourth-order valence-electron chi connectivity index (χ4n) is 0. The molecule has 2 N–H and O–H groups in total. The van der Waals surface area contributed by atoms with Crippen LogP contribution in [0.5, 0.6) is 0 Å². The van der Waals surface area contributed by atoms with Crippen LogP contribution in [0.15, 0.2) is 0 Å². The molecule has 0 aromatic carbocycles. The van der Waals surface area contributed by atoms with Gasteiger partial charge in [-0.25, -0.2) is 0 Å². The minimum Gasteiger partial charge on any atom is -0.548 e. The molecule has 1 atom stereocenters. The maximum absolute atomic E-state index is 9.88. The van der Waals surface area contributed by atoms with Crippen LogP contribution >= 0.6 is 0 Å². The zero-order chi connectivity index (χ0) is 7.65. The maximum Gasteiger partial charge on any atom is 1.00 e. The van der Waals surface area contributed by atoms with Gasteiger partial charge in [0.05, 0.1) is 7.34 Å². The van der Waals surface area contributed by atoms with Crippen LogP contribution in [0.4, 0.5) is 0 Å². The molecule has 4 heteroatoms. The quantitative estimate of drug-likeness (QED) is 0.352. The number of hydrogen-bond acceptors (Lipinski definition) is 3. The Morgan fingerprint density at radius 3 is 2.71 bits per heavy atom. The fraction of sp³-hybridized carbons (Fsp3) is 0.667. The van der Waals surface area contributed by atoms with Gasteiger partial charge in [0.15, 0.2) is 0 Å². The monoisotopic (exact) mass is 98.1 g/mol. The van der Waals surface area contributed by atoms with Gasteiger partial charge in [-0.2, -0.15) is 0 Å². The molecule has 0 unspecified atom stereocenters. The molecular weight excluding hydrogens is 89.0 g/mol. The second kappa shape index (κ2) is 4.19. The summed E-state index contributed by atoms with van der Waals surface area (Å²) in [6.07, 6.45) is 0. The molecule has 0 bridgehead atoms. The van der Waals surface area contributed by atoms with E-state index < -0.39 is 12.0 Å². The predicted octanol–water partition coefficient (Wildman–Crippen LogP) is -4.91. The molecule has 7 heavy (non-hydrogen) atoms. The molecule has 0 aromatic heterocycles. The van der Waals surface area contributed by atoms with Crippen molar-refractivity contribution < 1.29 is 33.0 Å². The van der Waals surface area contributed by atoms with Crippen molar-refractivity contribution in [1.29, 1.82) is 0 Å². The van der Waals surface area contributed by atoms with Gasteiger partial charge in [-0.1, -0.05) is 0 Å². The van der Waals surface area contributed by atoms with Gasteiger partial charge in [0, 0.05) is 6.02 Å². The molecule has 0 radical (unpaired) electrons. The molecule has 3 nitrogen and oxygen atoms in total. The van der Waals surface area contributed by atoms with E-state index in [0.717, 1.165) is 6.92 Å². The third-order valence-electron chi connectivity index (χ3n) is 0.295. The smallest absolute Gasteiger partial charge is 0.548 e. The van der Waals surface area contributed by atoms with E-state index in [2.05, 4.69) is 0 Å². The van der Waals surface area contributed by atoms with E-state index in [1.165, 1.54) is 0 Å². The Morgan fingerprint density at radius 2 is 2.71 bits per heavy atom. The van der Waals surface area contributed by atoms with Crippen molar-refractivity contribution in [2.75, 3.05) is 0 Å². The van der Waals surface area contributed by atoms with Crippen molar-refractivity contribution >= 4 is 5.97 Å². The summed E-state index contributed by atoms with van der Waals surface area (Å²) in [6, 6.07) is -2.28. The third kappa shape index (κ3) is 6.03. The first-order chi connectivity index (χ1) is 3.89. The molecule has 0 heterocycles. The van der Waals surface area contributed by atoms with Gasteiger partial charge in [0.2, 0.25) is 0 Å². The molecular formula is C3H6LiNO2. The van der Waals surface area contributed by atoms with Gasteiger partial charge in [-0.05, 0) is 6.92 Å². The van der Waals surface area contributed by atoms with Gasteiger partial charge in [-0.3, -0.25) is 0 Å². The normalized spacial score (nSPS) is 22.9. The van der Waals surface area contributed by atoms with Crippen LogP contribution in [-0.4, -0.2) is 12.0 Å². The topological polar surface area (TPSA) is 66.2 Å². The summed E-state index contributed by atoms with van der Waals surface area (Å²) in [7, 11) is 0. The number of carbonyl (C=O) groups is 1. The largest absolute Gasteiger partial charge is 1.00 e. The molecule has 0 saturated heterocycles. The molecule has 0 spiro atoms. The molecule has 0 saturated carbocycles. The van der Waals surface area contributed by atoms with Crippen molar-refractivity contribution in [3.8, 4) is 0 Å². The van der Waals surface area contributed by atoms with Crippen LogP contribution in [0.1, 0.15) is 8.29 Å². The molecule has 36 valence electrons. The Bertz CT molecular complexity index is 129. The van der Waals surface area contributed by atoms with Crippen molar-refractivity contribution in [3.63, 3.8) is 0 Å². The van der Waals surface area contributed by atoms with Crippen LogP contribution in [0.3, 0.4) is 0 Å². The summed E-state index contributed by atoms with van der Waals surface area (Å²) in [5.74, 6) is -1.76. The van der Waals surface area contributed by atoms with Crippen LogP contribution < -0.4 is 29.7 Å². The molecule has 0 aliphatic carbocycles. The molecule has 0 aliphatic heterocycles. The zero-order valence-electron chi connectivity index (χ0n) is 7.26. The first kappa shape index (κ1) is 3.96. The Kier molecular flexibility index (Phi) is 2.37. The Hall–Kier alpha value is 0.0274. The number of carboxylic acids is 1. The van der Waals surface area contributed by atoms with E-state index in [1.807, 2.05) is 0 Å². The number of nitrogens with two attached hydrogens (primary N) is 1. The minimum atomic E-state index is -2.28. The van der Waals surface area contributed by atoms with E-state index in [0.29, 0.717) is 0 Å². The summed E-state index contributed by atoms with van der Waals surface area (Å²) in [5, 5.41) is 9.88. The van der Waals surface area contributed by atoms with E-state index in [-0.39, 0.29) is 24.6 Å². The van der Waals surface area contributed by atoms with Crippen molar-refractivity contribution in [2.24, 2.45) is 5.72 Å². The second-order valence-corrected chi connectivity index (χ2v) is 0.873. The molecule has 0 aromatic rings. The van der Waals surface area contributed by atoms with Crippen LogP contribution in [0, 0.1) is 0 Å². The number of aliphatic carboxylic acids is 1. The van der Waals surface area contributed by atoms with Gasteiger partial charge >= 0.3 is 18.9 Å².